The molecule has 104 valence electrons. The Hall–Kier alpha value is -1.63. The van der Waals surface area contributed by atoms with Gasteiger partial charge in [0, 0.05) is 18.5 Å². The van der Waals surface area contributed by atoms with Gasteiger partial charge in [-0.1, -0.05) is 6.92 Å². The number of likely N-dealkylation sites (tertiary alicyclic amines) is 1. The van der Waals surface area contributed by atoms with E-state index in [2.05, 4.69) is 10.3 Å². The highest BCUT2D eigenvalue weighted by molar-refractivity contribution is 7.07. The molecule has 2 N–H and O–H groups in total. The summed E-state index contributed by atoms with van der Waals surface area (Å²) in [6.07, 6.45) is 1.06. The third-order valence-electron chi connectivity index (χ3n) is 3.68. The molecule has 1 saturated heterocycles. The van der Waals surface area contributed by atoms with Gasteiger partial charge in [0.05, 0.1) is 23.2 Å². The van der Waals surface area contributed by atoms with Crippen molar-refractivity contribution < 1.29 is 14.7 Å². The van der Waals surface area contributed by atoms with Crippen LogP contribution in [0, 0.1) is 5.41 Å². The molecule has 19 heavy (non-hydrogen) atoms. The number of nitrogens with one attached hydrogen (secondary N) is 1. The standard InChI is InChI=1S/C12H17N3O3S/c1-2-12(10(16)17)3-4-15(7-12)11(18)13-5-9-6-19-8-14-9/h6,8H,2-5,7H2,1H3,(H,13,18)(H,16,17). The van der Waals surface area contributed by atoms with E-state index in [4.69, 9.17) is 0 Å². The summed E-state index contributed by atoms with van der Waals surface area (Å²) >= 11 is 1.48. The van der Waals surface area contributed by atoms with Gasteiger partial charge < -0.3 is 15.3 Å². The number of carboxylic acid groups (broad SMARTS) is 1. The zero-order chi connectivity index (χ0) is 13.9. The number of carbonyl (C=O) groups is 2. The number of nitrogens with zero attached hydrogens (tertiary/aromatic N) is 2. The Balaban J connectivity index is 1.89. The summed E-state index contributed by atoms with van der Waals surface area (Å²) in [6, 6.07) is -0.218. The number of rotatable bonds is 4. The largest absolute Gasteiger partial charge is 0.481 e. The van der Waals surface area contributed by atoms with Crippen molar-refractivity contribution in [3.63, 3.8) is 0 Å². The average Bonchev–Trinajstić information content (AvgIpc) is 3.05. The van der Waals surface area contributed by atoms with E-state index in [0.29, 0.717) is 25.9 Å². The minimum atomic E-state index is -0.815. The van der Waals surface area contributed by atoms with E-state index in [-0.39, 0.29) is 12.6 Å². The average molecular weight is 283 g/mol. The summed E-state index contributed by atoms with van der Waals surface area (Å²) in [7, 11) is 0. The van der Waals surface area contributed by atoms with Crippen LogP contribution in [0.15, 0.2) is 10.9 Å². The van der Waals surface area contributed by atoms with Gasteiger partial charge in [0.15, 0.2) is 0 Å². The summed E-state index contributed by atoms with van der Waals surface area (Å²) in [4.78, 5) is 28.9. The summed E-state index contributed by atoms with van der Waals surface area (Å²) in [5, 5.41) is 13.9. The number of carboxylic acids is 1. The van der Waals surface area contributed by atoms with Crippen LogP contribution in [0.4, 0.5) is 4.79 Å². The van der Waals surface area contributed by atoms with Gasteiger partial charge >= 0.3 is 12.0 Å². The Bertz CT molecular complexity index is 463. The molecule has 0 bridgehead atoms. The lowest BCUT2D eigenvalue weighted by molar-refractivity contribution is -0.148. The third-order valence-corrected chi connectivity index (χ3v) is 4.31. The van der Waals surface area contributed by atoms with Crippen molar-refractivity contribution in [2.45, 2.75) is 26.3 Å². The van der Waals surface area contributed by atoms with Gasteiger partial charge in [-0.05, 0) is 12.8 Å². The van der Waals surface area contributed by atoms with Crippen molar-refractivity contribution in [1.82, 2.24) is 15.2 Å². The molecular weight excluding hydrogens is 266 g/mol. The van der Waals surface area contributed by atoms with Gasteiger partial charge in [-0.2, -0.15) is 0 Å². The molecule has 1 fully saturated rings. The monoisotopic (exact) mass is 283 g/mol. The summed E-state index contributed by atoms with van der Waals surface area (Å²) in [6.45, 7) is 3.00. The predicted molar refractivity (Wildman–Crippen MR) is 70.9 cm³/mol. The van der Waals surface area contributed by atoms with Crippen LogP contribution in [-0.2, 0) is 11.3 Å². The molecule has 2 amide bonds. The van der Waals surface area contributed by atoms with Crippen LogP contribution in [0.2, 0.25) is 0 Å². The maximum atomic E-state index is 12.0. The molecule has 1 aromatic heterocycles. The van der Waals surface area contributed by atoms with Crippen molar-refractivity contribution in [3.8, 4) is 0 Å². The van der Waals surface area contributed by atoms with Crippen molar-refractivity contribution in [2.24, 2.45) is 5.41 Å². The van der Waals surface area contributed by atoms with Gasteiger partial charge in [0.25, 0.3) is 0 Å². The summed E-state index contributed by atoms with van der Waals surface area (Å²) in [5.74, 6) is -0.815. The highest BCUT2D eigenvalue weighted by Gasteiger charge is 2.44. The molecule has 0 spiro atoms. The molecule has 0 radical (unpaired) electrons. The van der Waals surface area contributed by atoms with Gasteiger partial charge in [-0.3, -0.25) is 4.79 Å². The Kier molecular flexibility index (Phi) is 4.04. The van der Waals surface area contributed by atoms with Crippen LogP contribution in [0.1, 0.15) is 25.5 Å². The van der Waals surface area contributed by atoms with E-state index < -0.39 is 11.4 Å². The molecule has 1 aromatic rings. The second-order valence-electron chi connectivity index (χ2n) is 4.75. The van der Waals surface area contributed by atoms with Crippen LogP contribution in [-0.4, -0.2) is 40.1 Å². The smallest absolute Gasteiger partial charge is 0.317 e. The van der Waals surface area contributed by atoms with Crippen molar-refractivity contribution in [3.05, 3.63) is 16.6 Å². The van der Waals surface area contributed by atoms with Crippen molar-refractivity contribution >= 4 is 23.3 Å². The van der Waals surface area contributed by atoms with Crippen LogP contribution >= 0.6 is 11.3 Å². The Morgan fingerprint density at radius 1 is 1.63 bits per heavy atom. The van der Waals surface area contributed by atoms with Gasteiger partial charge in [0.1, 0.15) is 0 Å². The second kappa shape index (κ2) is 5.56. The van der Waals surface area contributed by atoms with Crippen LogP contribution in [0.5, 0.6) is 0 Å². The Morgan fingerprint density at radius 3 is 2.95 bits per heavy atom. The lowest BCUT2D eigenvalue weighted by Crippen LogP contribution is -2.41. The maximum absolute atomic E-state index is 12.0. The van der Waals surface area contributed by atoms with Gasteiger partial charge in [-0.25, -0.2) is 9.78 Å². The molecule has 1 aliphatic heterocycles. The van der Waals surface area contributed by atoms with Crippen LogP contribution < -0.4 is 5.32 Å². The number of carbonyl (C=O) groups excluding carboxylic acids is 1. The van der Waals surface area contributed by atoms with E-state index >= 15 is 0 Å². The molecule has 0 aliphatic carbocycles. The molecule has 7 heteroatoms. The number of hydrogen-bond acceptors (Lipinski definition) is 4. The van der Waals surface area contributed by atoms with E-state index in [0.717, 1.165) is 5.69 Å². The zero-order valence-corrected chi connectivity index (χ0v) is 11.6. The quantitative estimate of drug-likeness (QED) is 0.878. The minimum Gasteiger partial charge on any atom is -0.481 e. The fourth-order valence-electron chi connectivity index (χ4n) is 2.26. The fourth-order valence-corrected chi connectivity index (χ4v) is 2.82. The van der Waals surface area contributed by atoms with E-state index in [1.54, 1.807) is 10.4 Å². The first kappa shape index (κ1) is 13.8. The van der Waals surface area contributed by atoms with E-state index in [1.165, 1.54) is 11.3 Å². The Labute approximate surface area is 115 Å². The highest BCUT2D eigenvalue weighted by Crippen LogP contribution is 2.34. The lowest BCUT2D eigenvalue weighted by atomic mass is 9.84. The predicted octanol–water partition coefficient (Wildman–Crippen LogP) is 1.54. The molecule has 1 unspecified atom stereocenters. The Morgan fingerprint density at radius 2 is 2.42 bits per heavy atom. The first-order valence-corrected chi connectivity index (χ1v) is 7.15. The lowest BCUT2D eigenvalue weighted by Gasteiger charge is -2.23. The number of hydrogen-bond donors (Lipinski definition) is 2. The summed E-state index contributed by atoms with van der Waals surface area (Å²) < 4.78 is 0. The molecule has 2 rings (SSSR count). The molecule has 0 saturated carbocycles. The SMILES string of the molecule is CCC1(C(=O)O)CCN(C(=O)NCc2cscn2)C1. The van der Waals surface area contributed by atoms with Crippen molar-refractivity contribution in [1.29, 1.82) is 0 Å². The topological polar surface area (TPSA) is 82.5 Å². The molecule has 6 nitrogen and oxygen atoms in total. The van der Waals surface area contributed by atoms with Crippen molar-refractivity contribution in [2.75, 3.05) is 13.1 Å². The summed E-state index contributed by atoms with van der Waals surface area (Å²) in [5.41, 5.74) is 1.75. The molecular formula is C12H17N3O3S. The molecule has 1 atom stereocenters. The highest BCUT2D eigenvalue weighted by atomic mass is 32.1. The number of urea groups is 1. The minimum absolute atomic E-state index is 0.218. The number of aromatic nitrogens is 1. The maximum Gasteiger partial charge on any atom is 0.317 e. The molecule has 0 aromatic carbocycles. The third kappa shape index (κ3) is 2.86. The number of thiazole rings is 1. The van der Waals surface area contributed by atoms with Gasteiger partial charge in [-0.15, -0.1) is 11.3 Å². The first-order valence-electron chi connectivity index (χ1n) is 6.20. The number of aliphatic carboxylic acids is 1. The molecule has 1 aliphatic rings. The zero-order valence-electron chi connectivity index (χ0n) is 10.8. The van der Waals surface area contributed by atoms with Crippen LogP contribution in [0.3, 0.4) is 0 Å². The number of amides is 2. The normalized spacial score (nSPS) is 22.5. The first-order chi connectivity index (χ1) is 9.07. The van der Waals surface area contributed by atoms with Gasteiger partial charge in [0.2, 0.25) is 0 Å². The van der Waals surface area contributed by atoms with E-state index in [9.17, 15) is 14.7 Å². The van der Waals surface area contributed by atoms with Crippen LogP contribution in [0.25, 0.3) is 0 Å². The second-order valence-corrected chi connectivity index (χ2v) is 5.47. The van der Waals surface area contributed by atoms with E-state index in [1.807, 2.05) is 12.3 Å². The molecule has 2 heterocycles. The fraction of sp³-hybridized carbons (Fsp3) is 0.583.